The van der Waals surface area contributed by atoms with Gasteiger partial charge in [-0.25, -0.2) is 9.98 Å². The summed E-state index contributed by atoms with van der Waals surface area (Å²) >= 11 is 0. The standard InChI is InChI=1S/C51H32N4O2/c1-3-12-31(13-4-1)49-52-50(32-14-5-2-6-15-32)54-51(53-49)40-19-11-18-39-38-25-22-34(29-47(38)57-48(39)40)33-23-26-45-41(28-33)42-30-35(24-27-46(42)56-45)55-43-20-9-7-16-36(43)37-17-8-10-21-44(37)55/h1-30,49H,(H,52,53,54). The number of aliphatic imine (C=N–C) groups is 2. The predicted octanol–water partition coefficient (Wildman–Crippen LogP) is 12.7. The van der Waals surface area contributed by atoms with Crippen molar-refractivity contribution in [3.05, 3.63) is 199 Å². The van der Waals surface area contributed by atoms with Gasteiger partial charge in [0.1, 0.15) is 34.3 Å². The molecule has 0 spiro atoms. The van der Waals surface area contributed by atoms with Crippen molar-refractivity contribution in [2.75, 3.05) is 0 Å². The first-order valence-electron chi connectivity index (χ1n) is 19.2. The van der Waals surface area contributed by atoms with Gasteiger partial charge >= 0.3 is 0 Å². The molecule has 0 aliphatic carbocycles. The topological polar surface area (TPSA) is 68.0 Å². The summed E-state index contributed by atoms with van der Waals surface area (Å²) in [5.41, 5.74) is 11.8. The highest BCUT2D eigenvalue weighted by atomic mass is 16.3. The van der Waals surface area contributed by atoms with Crippen LogP contribution in [-0.2, 0) is 0 Å². The minimum atomic E-state index is -0.299. The fourth-order valence-corrected chi connectivity index (χ4v) is 8.56. The molecule has 0 saturated carbocycles. The SMILES string of the molecule is c1ccc(C2=NC(c3cccc4c3oc3cc(-c5ccc6oc7ccc(-n8c9ccccc9c9ccccc98)cc7c6c5)ccc34)=NC(c3ccccc3)N2)cc1. The van der Waals surface area contributed by atoms with E-state index in [1.807, 2.05) is 36.4 Å². The molecule has 268 valence electrons. The number of nitrogens with zero attached hydrogens (tertiary/aromatic N) is 3. The van der Waals surface area contributed by atoms with Crippen molar-refractivity contribution in [1.29, 1.82) is 0 Å². The number of para-hydroxylation sites is 3. The molecule has 12 rings (SSSR count). The van der Waals surface area contributed by atoms with Gasteiger partial charge in [0, 0.05) is 43.6 Å². The normalized spacial score (nSPS) is 14.5. The third-order valence-corrected chi connectivity index (χ3v) is 11.3. The van der Waals surface area contributed by atoms with Gasteiger partial charge in [0.15, 0.2) is 5.84 Å². The van der Waals surface area contributed by atoms with Crippen molar-refractivity contribution in [3.63, 3.8) is 0 Å². The molecule has 4 heterocycles. The highest BCUT2D eigenvalue weighted by molar-refractivity contribution is 6.20. The molecule has 1 aliphatic rings. The van der Waals surface area contributed by atoms with E-state index >= 15 is 0 Å². The zero-order valence-corrected chi connectivity index (χ0v) is 30.6. The van der Waals surface area contributed by atoms with Gasteiger partial charge in [0.05, 0.1) is 16.6 Å². The van der Waals surface area contributed by atoms with Gasteiger partial charge in [-0.15, -0.1) is 0 Å². The van der Waals surface area contributed by atoms with Crippen LogP contribution < -0.4 is 5.32 Å². The van der Waals surface area contributed by atoms with Crippen molar-refractivity contribution in [2.24, 2.45) is 9.98 Å². The lowest BCUT2D eigenvalue weighted by Crippen LogP contribution is -2.33. The van der Waals surface area contributed by atoms with Gasteiger partial charge in [0.2, 0.25) is 0 Å². The van der Waals surface area contributed by atoms with E-state index < -0.39 is 0 Å². The first-order valence-corrected chi connectivity index (χ1v) is 19.2. The summed E-state index contributed by atoms with van der Waals surface area (Å²) in [4.78, 5) is 10.2. The van der Waals surface area contributed by atoms with E-state index in [9.17, 15) is 0 Å². The van der Waals surface area contributed by atoms with Crippen molar-refractivity contribution in [1.82, 2.24) is 9.88 Å². The number of furan rings is 2. The van der Waals surface area contributed by atoms with Gasteiger partial charge < -0.3 is 18.7 Å². The molecule has 1 N–H and O–H groups in total. The third-order valence-electron chi connectivity index (χ3n) is 11.3. The van der Waals surface area contributed by atoms with Crippen molar-refractivity contribution >= 4 is 77.4 Å². The fraction of sp³-hybridized carbons (Fsp3) is 0.0196. The van der Waals surface area contributed by atoms with Gasteiger partial charge in [-0.1, -0.05) is 121 Å². The van der Waals surface area contributed by atoms with Crippen molar-refractivity contribution in [2.45, 2.75) is 6.17 Å². The van der Waals surface area contributed by atoms with E-state index in [0.29, 0.717) is 5.84 Å². The molecule has 0 amide bonds. The molecular formula is C51H32N4O2. The summed E-state index contributed by atoms with van der Waals surface area (Å²) in [6.07, 6.45) is -0.299. The predicted molar refractivity (Wildman–Crippen MR) is 233 cm³/mol. The molecule has 0 radical (unpaired) electrons. The molecule has 8 aromatic carbocycles. The summed E-state index contributed by atoms with van der Waals surface area (Å²) in [6, 6.07) is 63.3. The Kier molecular flexibility index (Phi) is 6.89. The van der Waals surface area contributed by atoms with Gasteiger partial charge in [0.25, 0.3) is 0 Å². The molecular weight excluding hydrogens is 701 g/mol. The maximum atomic E-state index is 6.76. The van der Waals surface area contributed by atoms with Gasteiger partial charge in [-0.05, 0) is 77.4 Å². The Morgan fingerprint density at radius 1 is 0.456 bits per heavy atom. The Morgan fingerprint density at radius 3 is 1.89 bits per heavy atom. The molecule has 1 aliphatic heterocycles. The molecule has 6 nitrogen and oxygen atoms in total. The van der Waals surface area contributed by atoms with E-state index in [4.69, 9.17) is 18.8 Å². The number of nitrogens with one attached hydrogen (secondary N) is 1. The van der Waals surface area contributed by atoms with Crippen LogP contribution in [0.15, 0.2) is 201 Å². The summed E-state index contributed by atoms with van der Waals surface area (Å²) in [6.45, 7) is 0. The second-order valence-electron chi connectivity index (χ2n) is 14.6. The Hall–Kier alpha value is -7.70. The Morgan fingerprint density at radius 2 is 1.11 bits per heavy atom. The highest BCUT2D eigenvalue weighted by Gasteiger charge is 2.24. The van der Waals surface area contributed by atoms with E-state index in [1.54, 1.807) is 0 Å². The largest absolute Gasteiger partial charge is 0.456 e. The lowest BCUT2D eigenvalue weighted by Gasteiger charge is -2.23. The minimum absolute atomic E-state index is 0.299. The summed E-state index contributed by atoms with van der Waals surface area (Å²) < 4.78 is 15.5. The van der Waals surface area contributed by atoms with Crippen LogP contribution in [0.1, 0.15) is 22.9 Å². The quantitative estimate of drug-likeness (QED) is 0.192. The van der Waals surface area contributed by atoms with Crippen LogP contribution in [0.2, 0.25) is 0 Å². The third kappa shape index (κ3) is 5.04. The van der Waals surface area contributed by atoms with Crippen molar-refractivity contribution in [3.8, 4) is 16.8 Å². The zero-order valence-electron chi connectivity index (χ0n) is 30.6. The molecule has 11 aromatic rings. The zero-order chi connectivity index (χ0) is 37.5. The number of amidine groups is 2. The monoisotopic (exact) mass is 732 g/mol. The van der Waals surface area contributed by atoms with Gasteiger partial charge in [-0.2, -0.15) is 0 Å². The first kappa shape index (κ1) is 31.6. The molecule has 0 bridgehead atoms. The molecule has 3 aromatic heterocycles. The second kappa shape index (κ2) is 12.4. The van der Waals surface area contributed by atoms with E-state index in [2.05, 4.69) is 155 Å². The van der Waals surface area contributed by atoms with E-state index in [-0.39, 0.29) is 6.17 Å². The number of rotatable bonds is 5. The Balaban J connectivity index is 0.966. The number of fused-ring (bicyclic) bond motifs is 9. The lowest BCUT2D eigenvalue weighted by atomic mass is 10.0. The van der Waals surface area contributed by atoms with Crippen LogP contribution in [-0.4, -0.2) is 16.2 Å². The summed E-state index contributed by atoms with van der Waals surface area (Å²) in [5.74, 6) is 1.40. The average molecular weight is 733 g/mol. The summed E-state index contributed by atoms with van der Waals surface area (Å²) in [5, 5.41) is 10.3. The molecule has 0 saturated heterocycles. The van der Waals surface area contributed by atoms with Crippen LogP contribution in [0, 0.1) is 0 Å². The van der Waals surface area contributed by atoms with Crippen LogP contribution in [0.3, 0.4) is 0 Å². The molecule has 6 heteroatoms. The molecule has 0 fully saturated rings. The summed E-state index contributed by atoms with van der Waals surface area (Å²) in [7, 11) is 0. The number of hydrogen-bond acceptors (Lipinski definition) is 5. The fourth-order valence-electron chi connectivity index (χ4n) is 8.56. The van der Waals surface area contributed by atoms with Crippen LogP contribution in [0.5, 0.6) is 0 Å². The highest BCUT2D eigenvalue weighted by Crippen LogP contribution is 2.39. The maximum absolute atomic E-state index is 6.76. The number of benzene rings is 8. The Bertz CT molecular complexity index is 3390. The smallest absolute Gasteiger partial charge is 0.163 e. The van der Waals surface area contributed by atoms with Gasteiger partial charge in [-0.3, -0.25) is 0 Å². The molecule has 1 atom stereocenters. The van der Waals surface area contributed by atoms with E-state index in [0.717, 1.165) is 83.2 Å². The first-order chi connectivity index (χ1) is 28.2. The van der Waals surface area contributed by atoms with E-state index in [1.165, 1.54) is 21.8 Å². The van der Waals surface area contributed by atoms with Crippen LogP contribution in [0.25, 0.3) is 82.5 Å². The van der Waals surface area contributed by atoms with Crippen molar-refractivity contribution < 1.29 is 8.83 Å². The maximum Gasteiger partial charge on any atom is 0.163 e. The molecule has 57 heavy (non-hydrogen) atoms. The number of aromatic nitrogens is 1. The number of hydrogen-bond donors (Lipinski definition) is 1. The average Bonchev–Trinajstić information content (AvgIpc) is 3.95. The minimum Gasteiger partial charge on any atom is -0.456 e. The van der Waals surface area contributed by atoms with Crippen LogP contribution >= 0.6 is 0 Å². The second-order valence-corrected chi connectivity index (χ2v) is 14.6. The Labute approximate surface area is 326 Å². The molecule has 1 unspecified atom stereocenters. The van der Waals surface area contributed by atoms with Crippen LogP contribution in [0.4, 0.5) is 0 Å². The lowest BCUT2D eigenvalue weighted by molar-refractivity contribution is 0.663.